The monoisotopic (exact) mass is 203 g/mol. The van der Waals surface area contributed by atoms with Crippen molar-refractivity contribution >= 4 is 16.6 Å². The molecule has 0 aliphatic carbocycles. The molecule has 3 nitrogen and oxygen atoms in total. The van der Waals surface area contributed by atoms with Gasteiger partial charge in [0.25, 0.3) is 0 Å². The van der Waals surface area contributed by atoms with Gasteiger partial charge < -0.3 is 5.32 Å². The summed E-state index contributed by atoms with van der Waals surface area (Å²) in [6.45, 7) is 5.49. The van der Waals surface area contributed by atoms with Crippen molar-refractivity contribution in [2.45, 2.75) is 20.3 Å². The summed E-state index contributed by atoms with van der Waals surface area (Å²) in [6.07, 6.45) is 3.05. The van der Waals surface area contributed by atoms with Gasteiger partial charge in [-0.3, -0.25) is 5.10 Å². The molecule has 0 spiro atoms. The van der Waals surface area contributed by atoms with E-state index in [1.807, 2.05) is 6.20 Å². The first-order chi connectivity index (χ1) is 7.29. The molecule has 1 aromatic carbocycles. The van der Waals surface area contributed by atoms with Crippen LogP contribution < -0.4 is 5.32 Å². The molecule has 80 valence electrons. The van der Waals surface area contributed by atoms with Crippen molar-refractivity contribution in [1.82, 2.24) is 10.2 Å². The summed E-state index contributed by atoms with van der Waals surface area (Å²) < 4.78 is 0. The first kappa shape index (κ1) is 10.0. The van der Waals surface area contributed by atoms with Gasteiger partial charge in [0.2, 0.25) is 0 Å². The van der Waals surface area contributed by atoms with Crippen molar-refractivity contribution in [1.29, 1.82) is 0 Å². The lowest BCUT2D eigenvalue weighted by Crippen LogP contribution is -2.09. The van der Waals surface area contributed by atoms with Gasteiger partial charge in [0.15, 0.2) is 0 Å². The molecule has 0 aliphatic heterocycles. The third-order valence-corrected chi connectivity index (χ3v) is 2.79. The van der Waals surface area contributed by atoms with E-state index in [1.54, 1.807) is 0 Å². The van der Waals surface area contributed by atoms with Gasteiger partial charge >= 0.3 is 0 Å². The number of aromatic nitrogens is 2. The molecular formula is C12H17N3. The number of H-pyrrole nitrogens is 1. The van der Waals surface area contributed by atoms with Crippen LogP contribution in [0.15, 0.2) is 24.4 Å². The quantitative estimate of drug-likeness (QED) is 0.802. The summed E-state index contributed by atoms with van der Waals surface area (Å²) in [7, 11) is 0. The molecule has 0 aliphatic rings. The average molecular weight is 203 g/mol. The highest BCUT2D eigenvalue weighted by Gasteiger charge is 2.00. The Balaban J connectivity index is 2.08. The van der Waals surface area contributed by atoms with E-state index >= 15 is 0 Å². The second-order valence-corrected chi connectivity index (χ2v) is 4.07. The predicted octanol–water partition coefficient (Wildman–Crippen LogP) is 3.02. The Morgan fingerprint density at radius 1 is 1.47 bits per heavy atom. The molecule has 0 amide bonds. The maximum Gasteiger partial charge on any atom is 0.0670 e. The highest BCUT2D eigenvalue weighted by Crippen LogP contribution is 2.16. The van der Waals surface area contributed by atoms with Gasteiger partial charge in [0.1, 0.15) is 0 Å². The molecule has 0 radical (unpaired) electrons. The van der Waals surface area contributed by atoms with Crippen LogP contribution in [0, 0.1) is 5.92 Å². The highest BCUT2D eigenvalue weighted by molar-refractivity contribution is 5.81. The first-order valence-corrected chi connectivity index (χ1v) is 5.46. The van der Waals surface area contributed by atoms with Gasteiger partial charge in [-0.2, -0.15) is 5.10 Å². The van der Waals surface area contributed by atoms with Crippen LogP contribution in [-0.2, 0) is 0 Å². The number of aromatic amines is 1. The average Bonchev–Trinajstić information content (AvgIpc) is 2.72. The van der Waals surface area contributed by atoms with Crippen LogP contribution in [0.5, 0.6) is 0 Å². The molecule has 1 aromatic heterocycles. The fraction of sp³-hybridized carbons (Fsp3) is 0.417. The summed E-state index contributed by atoms with van der Waals surface area (Å²) in [5.41, 5.74) is 2.25. The predicted molar refractivity (Wildman–Crippen MR) is 64.0 cm³/mol. The Morgan fingerprint density at radius 3 is 3.13 bits per heavy atom. The zero-order valence-corrected chi connectivity index (χ0v) is 9.25. The Bertz CT molecular complexity index is 433. The van der Waals surface area contributed by atoms with Gasteiger partial charge in [-0.1, -0.05) is 20.3 Å². The van der Waals surface area contributed by atoms with Gasteiger partial charge in [0, 0.05) is 17.6 Å². The minimum atomic E-state index is 0.711. The highest BCUT2D eigenvalue weighted by atomic mass is 15.1. The number of hydrogen-bond donors (Lipinski definition) is 2. The molecule has 0 fully saturated rings. The molecule has 0 saturated heterocycles. The van der Waals surface area contributed by atoms with Crippen molar-refractivity contribution in [2.75, 3.05) is 11.9 Å². The van der Waals surface area contributed by atoms with E-state index in [1.165, 1.54) is 6.42 Å². The lowest BCUT2D eigenvalue weighted by Gasteiger charge is -2.11. The Labute approximate surface area is 89.9 Å². The van der Waals surface area contributed by atoms with E-state index < -0.39 is 0 Å². The Morgan fingerprint density at radius 2 is 2.33 bits per heavy atom. The molecule has 2 rings (SSSR count). The molecule has 1 heterocycles. The zero-order chi connectivity index (χ0) is 10.7. The van der Waals surface area contributed by atoms with Gasteiger partial charge in [0.05, 0.1) is 11.7 Å². The minimum absolute atomic E-state index is 0.711. The maximum absolute atomic E-state index is 4.00. The van der Waals surface area contributed by atoms with Gasteiger partial charge in [-0.05, 0) is 24.1 Å². The Hall–Kier alpha value is -1.51. The third-order valence-electron chi connectivity index (χ3n) is 2.79. The number of nitrogens with zero attached hydrogens (tertiary/aromatic N) is 1. The molecule has 3 heteroatoms. The van der Waals surface area contributed by atoms with Gasteiger partial charge in [-0.25, -0.2) is 0 Å². The number of fused-ring (bicyclic) bond motifs is 1. The summed E-state index contributed by atoms with van der Waals surface area (Å²) in [4.78, 5) is 0. The van der Waals surface area contributed by atoms with Crippen LogP contribution in [0.1, 0.15) is 20.3 Å². The maximum atomic E-state index is 4.00. The molecule has 2 aromatic rings. The number of nitrogens with one attached hydrogen (secondary N) is 2. The molecule has 2 N–H and O–H groups in total. The van der Waals surface area contributed by atoms with Crippen LogP contribution in [0.3, 0.4) is 0 Å². The van der Waals surface area contributed by atoms with E-state index in [2.05, 4.69) is 47.6 Å². The molecule has 0 saturated carbocycles. The standard InChI is InChI=1S/C12H17N3/c1-3-9(2)7-13-11-5-4-10-8-14-15-12(10)6-11/h4-6,8-9,13H,3,7H2,1-2H3,(H,14,15). The minimum Gasteiger partial charge on any atom is -0.385 e. The number of rotatable bonds is 4. The topological polar surface area (TPSA) is 40.7 Å². The Kier molecular flexibility index (Phi) is 2.90. The van der Waals surface area contributed by atoms with Crippen molar-refractivity contribution in [3.8, 4) is 0 Å². The smallest absolute Gasteiger partial charge is 0.0670 e. The van der Waals surface area contributed by atoms with Crippen LogP contribution in [0.25, 0.3) is 10.9 Å². The van der Waals surface area contributed by atoms with E-state index in [9.17, 15) is 0 Å². The molecule has 1 atom stereocenters. The van der Waals surface area contributed by atoms with E-state index in [0.29, 0.717) is 5.92 Å². The van der Waals surface area contributed by atoms with Crippen LogP contribution in [0.2, 0.25) is 0 Å². The molecule has 1 unspecified atom stereocenters. The summed E-state index contributed by atoms with van der Waals surface area (Å²) in [5.74, 6) is 0.711. The fourth-order valence-corrected chi connectivity index (χ4v) is 1.48. The summed E-state index contributed by atoms with van der Waals surface area (Å²) >= 11 is 0. The van der Waals surface area contributed by atoms with Crippen molar-refractivity contribution in [3.05, 3.63) is 24.4 Å². The van der Waals surface area contributed by atoms with Crippen molar-refractivity contribution < 1.29 is 0 Å². The third kappa shape index (κ3) is 2.29. The number of hydrogen-bond acceptors (Lipinski definition) is 2. The lowest BCUT2D eigenvalue weighted by atomic mass is 10.1. The molecule has 15 heavy (non-hydrogen) atoms. The van der Waals surface area contributed by atoms with Crippen LogP contribution >= 0.6 is 0 Å². The van der Waals surface area contributed by atoms with Crippen molar-refractivity contribution in [3.63, 3.8) is 0 Å². The number of anilines is 1. The summed E-state index contributed by atoms with van der Waals surface area (Å²) in [6, 6.07) is 6.28. The fourth-order valence-electron chi connectivity index (χ4n) is 1.48. The second-order valence-electron chi connectivity index (χ2n) is 4.07. The SMILES string of the molecule is CCC(C)CNc1ccc2cn[nH]c2c1. The van der Waals surface area contributed by atoms with E-state index in [-0.39, 0.29) is 0 Å². The zero-order valence-electron chi connectivity index (χ0n) is 9.25. The molecule has 0 bridgehead atoms. The van der Waals surface area contributed by atoms with Crippen LogP contribution in [-0.4, -0.2) is 16.7 Å². The van der Waals surface area contributed by atoms with Gasteiger partial charge in [-0.15, -0.1) is 0 Å². The summed E-state index contributed by atoms with van der Waals surface area (Å²) in [5, 5.41) is 11.6. The number of benzene rings is 1. The van der Waals surface area contributed by atoms with E-state index in [0.717, 1.165) is 23.1 Å². The first-order valence-electron chi connectivity index (χ1n) is 5.46. The normalized spacial score (nSPS) is 12.9. The molecular weight excluding hydrogens is 186 g/mol. The van der Waals surface area contributed by atoms with Crippen LogP contribution in [0.4, 0.5) is 5.69 Å². The van der Waals surface area contributed by atoms with Crippen molar-refractivity contribution in [2.24, 2.45) is 5.92 Å². The van der Waals surface area contributed by atoms with E-state index in [4.69, 9.17) is 0 Å². The lowest BCUT2D eigenvalue weighted by molar-refractivity contribution is 0.593. The largest absolute Gasteiger partial charge is 0.385 e. The second kappa shape index (κ2) is 4.34.